The number of amides is 2. The monoisotopic (exact) mass is 556 g/mol. The van der Waals surface area contributed by atoms with Gasteiger partial charge in [0.15, 0.2) is 5.41 Å². The third-order valence-corrected chi connectivity index (χ3v) is 7.84. The van der Waals surface area contributed by atoms with Crippen LogP contribution in [0.3, 0.4) is 0 Å². The van der Waals surface area contributed by atoms with Crippen molar-refractivity contribution in [3.8, 4) is 0 Å². The number of anilines is 1. The van der Waals surface area contributed by atoms with Crippen molar-refractivity contribution in [2.45, 2.75) is 45.2 Å². The lowest BCUT2D eigenvalue weighted by molar-refractivity contribution is -0.167. The number of rotatable bonds is 9. The molecule has 4 rings (SSSR count). The first kappa shape index (κ1) is 28.0. The van der Waals surface area contributed by atoms with Gasteiger partial charge in [-0.2, -0.15) is 0 Å². The van der Waals surface area contributed by atoms with Crippen molar-refractivity contribution in [1.29, 1.82) is 0 Å². The van der Waals surface area contributed by atoms with Gasteiger partial charge in [-0.3, -0.25) is 28.9 Å². The van der Waals surface area contributed by atoms with E-state index in [0.29, 0.717) is 0 Å². The van der Waals surface area contributed by atoms with Crippen LogP contribution in [0.15, 0.2) is 64.3 Å². The Balaban J connectivity index is 1.69. The molecule has 1 aromatic carbocycles. The van der Waals surface area contributed by atoms with Gasteiger partial charge in [-0.1, -0.05) is 49.0 Å². The minimum absolute atomic E-state index is 0.0647. The van der Waals surface area contributed by atoms with Crippen LogP contribution in [-0.4, -0.2) is 59.2 Å². The smallest absolute Gasteiger partial charge is 0.322 e. The lowest BCUT2D eigenvalue weighted by Crippen LogP contribution is -2.74. The maximum atomic E-state index is 13.7. The van der Waals surface area contributed by atoms with Crippen LogP contribution in [0.25, 0.3) is 0 Å². The van der Waals surface area contributed by atoms with Gasteiger partial charge in [0.05, 0.1) is 6.26 Å². The number of fused-ring (bicyclic) bond motifs is 1. The molecule has 0 saturated carbocycles. The number of ether oxygens (including phenoxy) is 3. The van der Waals surface area contributed by atoms with E-state index in [1.165, 1.54) is 29.9 Å². The fourth-order valence-corrected chi connectivity index (χ4v) is 5.79. The molecule has 1 aromatic heterocycles. The van der Waals surface area contributed by atoms with Gasteiger partial charge < -0.3 is 23.5 Å². The third-order valence-electron chi connectivity index (χ3n) is 6.35. The fourth-order valence-electron chi connectivity index (χ4n) is 4.32. The van der Waals surface area contributed by atoms with Crippen LogP contribution in [0.2, 0.25) is 0 Å². The molecule has 2 aliphatic rings. The van der Waals surface area contributed by atoms with E-state index in [-0.39, 0.29) is 30.4 Å². The van der Waals surface area contributed by atoms with Crippen molar-refractivity contribution in [1.82, 2.24) is 4.90 Å². The Bertz CT molecular complexity index is 1280. The highest BCUT2D eigenvalue weighted by molar-refractivity contribution is 8.04. The van der Waals surface area contributed by atoms with Gasteiger partial charge in [-0.15, -0.1) is 0 Å². The number of β-lactam (4-membered cyclic amide) rings is 1. The van der Waals surface area contributed by atoms with Gasteiger partial charge in [0.1, 0.15) is 30.9 Å². The number of thioether (sulfide) groups is 1. The molecule has 3 heterocycles. The largest absolute Gasteiger partial charge is 0.464 e. The van der Waals surface area contributed by atoms with Gasteiger partial charge in [0.2, 0.25) is 17.7 Å². The van der Waals surface area contributed by atoms with E-state index < -0.39 is 53.2 Å². The zero-order chi connectivity index (χ0) is 28.2. The van der Waals surface area contributed by atoms with E-state index in [2.05, 4.69) is 0 Å². The van der Waals surface area contributed by atoms with Crippen LogP contribution in [0.5, 0.6) is 0 Å². The van der Waals surface area contributed by atoms with E-state index in [1.54, 1.807) is 43.3 Å². The normalized spacial score (nSPS) is 22.9. The molecule has 2 aliphatic heterocycles. The van der Waals surface area contributed by atoms with E-state index in [9.17, 15) is 24.0 Å². The molecule has 2 aromatic rings. The van der Waals surface area contributed by atoms with E-state index in [4.69, 9.17) is 18.6 Å². The molecule has 11 nitrogen and oxygen atoms in total. The lowest BCUT2D eigenvalue weighted by Gasteiger charge is -2.56. The molecule has 2 unspecified atom stereocenters. The second kappa shape index (κ2) is 11.8. The van der Waals surface area contributed by atoms with Crippen molar-refractivity contribution in [3.63, 3.8) is 0 Å². The summed E-state index contributed by atoms with van der Waals surface area (Å²) in [5.74, 6) is -2.59. The zero-order valence-electron chi connectivity index (χ0n) is 21.7. The molecule has 0 N–H and O–H groups in total. The third kappa shape index (κ3) is 5.70. The second-order valence-electron chi connectivity index (χ2n) is 9.01. The van der Waals surface area contributed by atoms with Gasteiger partial charge in [-0.05, 0) is 11.6 Å². The summed E-state index contributed by atoms with van der Waals surface area (Å²) in [4.78, 5) is 66.4. The summed E-state index contributed by atoms with van der Waals surface area (Å²) in [6.45, 7) is 3.39. The van der Waals surface area contributed by atoms with Crippen molar-refractivity contribution in [2.24, 2.45) is 5.41 Å². The number of hydrogen-bond acceptors (Lipinski definition) is 10. The quantitative estimate of drug-likeness (QED) is 0.196. The Morgan fingerprint density at radius 1 is 1.13 bits per heavy atom. The zero-order valence-corrected chi connectivity index (χ0v) is 22.5. The molecular formula is C27H28N2O9S. The van der Waals surface area contributed by atoms with E-state index in [1.807, 2.05) is 6.07 Å². The Kier molecular flexibility index (Phi) is 8.44. The van der Waals surface area contributed by atoms with Crippen LogP contribution in [0.1, 0.15) is 32.8 Å². The summed E-state index contributed by atoms with van der Waals surface area (Å²) < 4.78 is 21.6. The highest BCUT2D eigenvalue weighted by Crippen LogP contribution is 2.52. The number of carbonyl (C=O) groups is 5. The first-order valence-electron chi connectivity index (χ1n) is 12.2. The van der Waals surface area contributed by atoms with Crippen LogP contribution >= 0.6 is 11.8 Å². The molecule has 206 valence electrons. The maximum Gasteiger partial charge on any atom is 0.322 e. The second-order valence-corrected chi connectivity index (χ2v) is 10.2. The molecule has 2 saturated heterocycles. The molecule has 0 aliphatic carbocycles. The molecule has 39 heavy (non-hydrogen) atoms. The molecule has 2 amide bonds. The summed E-state index contributed by atoms with van der Waals surface area (Å²) in [5.41, 5.74) is -0.935. The first-order chi connectivity index (χ1) is 18.7. The fraction of sp³-hybridized carbons (Fsp3) is 0.370. The number of hydrogen-bond donors (Lipinski definition) is 0. The SMILES string of the molecule is CCC(=O)OC=C1S[C@@H]2C(N(C(C)=O)c3ccco3)C(=O)N2CC1(COC(C)=O)C(=O)OCc1ccccc1. The maximum absolute atomic E-state index is 13.7. The predicted octanol–water partition coefficient (Wildman–Crippen LogP) is 3.00. The lowest BCUT2D eigenvalue weighted by atomic mass is 9.85. The summed E-state index contributed by atoms with van der Waals surface area (Å²) in [6.07, 6.45) is 2.62. The highest BCUT2D eigenvalue weighted by Gasteiger charge is 2.63. The number of nitrogens with zero attached hydrogens (tertiary/aromatic N) is 2. The van der Waals surface area contributed by atoms with Crippen LogP contribution in [0.4, 0.5) is 5.88 Å². The Labute approximate surface area is 229 Å². The first-order valence-corrected chi connectivity index (χ1v) is 13.1. The molecule has 0 spiro atoms. The van der Waals surface area contributed by atoms with E-state index >= 15 is 0 Å². The van der Waals surface area contributed by atoms with Crippen LogP contribution in [-0.2, 0) is 44.8 Å². The molecule has 2 fully saturated rings. The van der Waals surface area contributed by atoms with Gasteiger partial charge >= 0.3 is 17.9 Å². The molecule has 0 bridgehead atoms. The highest BCUT2D eigenvalue weighted by atomic mass is 32.2. The van der Waals surface area contributed by atoms with Crippen molar-refractivity contribution in [2.75, 3.05) is 18.1 Å². The molecule has 12 heteroatoms. The Morgan fingerprint density at radius 2 is 1.87 bits per heavy atom. The Hall–Kier alpha value is -4.06. The van der Waals surface area contributed by atoms with Crippen LogP contribution < -0.4 is 4.90 Å². The van der Waals surface area contributed by atoms with Crippen molar-refractivity contribution >= 4 is 47.4 Å². The van der Waals surface area contributed by atoms with Gasteiger partial charge in [0.25, 0.3) is 0 Å². The number of benzene rings is 1. The van der Waals surface area contributed by atoms with Gasteiger partial charge in [0, 0.05) is 37.8 Å². The number of carbonyl (C=O) groups excluding carboxylic acids is 5. The predicted molar refractivity (Wildman–Crippen MR) is 139 cm³/mol. The summed E-state index contributed by atoms with van der Waals surface area (Å²) in [5, 5.41) is -0.634. The Morgan fingerprint density at radius 3 is 2.49 bits per heavy atom. The summed E-state index contributed by atoms with van der Waals surface area (Å²) >= 11 is 1.06. The number of furan rings is 1. The van der Waals surface area contributed by atoms with Crippen molar-refractivity contribution in [3.05, 3.63) is 65.5 Å². The van der Waals surface area contributed by atoms with Gasteiger partial charge in [-0.25, -0.2) is 0 Å². The topological polar surface area (TPSA) is 133 Å². The average Bonchev–Trinajstić information content (AvgIpc) is 3.46. The van der Waals surface area contributed by atoms with Crippen molar-refractivity contribution < 1.29 is 42.6 Å². The summed E-state index contributed by atoms with van der Waals surface area (Å²) in [7, 11) is 0. The molecule has 3 atom stereocenters. The summed E-state index contributed by atoms with van der Waals surface area (Å²) in [6, 6.07) is 11.2. The molecule has 0 radical (unpaired) electrons. The van der Waals surface area contributed by atoms with E-state index in [0.717, 1.165) is 23.6 Å². The standard InChI is InChI=1S/C27H28N2O9S/c1-4-22(32)36-14-20-27(16-38-18(3)31,26(34)37-13-19-9-6-5-7-10-19)15-28-24(33)23(25(28)39-20)29(17(2)30)21-11-8-12-35-21/h5-12,14,23,25H,4,13,15-16H2,1-3H3/t23?,25-,27?/m1/s1. The minimum atomic E-state index is -1.66. The number of esters is 3. The van der Waals surface area contributed by atoms with Crippen LogP contribution in [0, 0.1) is 5.41 Å². The molecular weight excluding hydrogens is 528 g/mol. The average molecular weight is 557 g/mol. The minimum Gasteiger partial charge on any atom is -0.464 e.